The van der Waals surface area contributed by atoms with E-state index >= 15 is 0 Å². The van der Waals surface area contributed by atoms with Gasteiger partial charge in [-0.05, 0) is 43.7 Å². The van der Waals surface area contributed by atoms with E-state index in [4.69, 9.17) is 0 Å². The van der Waals surface area contributed by atoms with E-state index in [1.165, 1.54) is 36.8 Å². The molecule has 1 fully saturated rings. The second kappa shape index (κ2) is 7.47. The number of nitrogens with zero attached hydrogens (tertiary/aromatic N) is 3. The minimum absolute atomic E-state index is 0.134. The van der Waals surface area contributed by atoms with E-state index < -0.39 is 11.6 Å². The number of likely N-dealkylation sites (tertiary alicyclic amines) is 1. The average Bonchev–Trinajstić information content (AvgIpc) is 2.62. The van der Waals surface area contributed by atoms with Crippen molar-refractivity contribution < 1.29 is 13.6 Å². The van der Waals surface area contributed by atoms with Crippen LogP contribution in [0, 0.1) is 17.6 Å². The molecule has 0 aliphatic carbocycles. The molecule has 3 rings (SSSR count). The van der Waals surface area contributed by atoms with Crippen molar-refractivity contribution in [2.24, 2.45) is 5.92 Å². The summed E-state index contributed by atoms with van der Waals surface area (Å²) in [5.41, 5.74) is 0.466. The van der Waals surface area contributed by atoms with Gasteiger partial charge in [0.25, 0.3) is 5.91 Å². The van der Waals surface area contributed by atoms with Crippen LogP contribution in [0.1, 0.15) is 35.3 Å². The molecule has 0 spiro atoms. The molecule has 0 N–H and O–H groups in total. The zero-order valence-corrected chi connectivity index (χ0v) is 13.3. The molecule has 1 amide bonds. The predicted molar refractivity (Wildman–Crippen MR) is 85.3 cm³/mol. The minimum atomic E-state index is -0.502. The zero-order valence-electron chi connectivity index (χ0n) is 13.3. The molecule has 6 heteroatoms. The SMILES string of the molecule is O=C(c1cnccn1)N1CCC[C@H](CCc2c(F)cccc2F)C1. The van der Waals surface area contributed by atoms with Gasteiger partial charge >= 0.3 is 0 Å². The second-order valence-corrected chi connectivity index (χ2v) is 6.09. The van der Waals surface area contributed by atoms with Crippen molar-refractivity contribution in [1.82, 2.24) is 14.9 Å². The number of hydrogen-bond acceptors (Lipinski definition) is 3. The van der Waals surface area contributed by atoms with Gasteiger partial charge in [0.1, 0.15) is 17.3 Å². The van der Waals surface area contributed by atoms with E-state index in [0.717, 1.165) is 12.8 Å². The van der Waals surface area contributed by atoms with Crippen LogP contribution in [-0.4, -0.2) is 33.9 Å². The van der Waals surface area contributed by atoms with Crippen molar-refractivity contribution in [3.05, 3.63) is 59.7 Å². The van der Waals surface area contributed by atoms with Crippen molar-refractivity contribution in [2.75, 3.05) is 13.1 Å². The molecular formula is C18H19F2N3O. The summed E-state index contributed by atoms with van der Waals surface area (Å²) in [6.45, 7) is 1.27. The minimum Gasteiger partial charge on any atom is -0.337 e. The number of carbonyl (C=O) groups is 1. The summed E-state index contributed by atoms with van der Waals surface area (Å²) in [6.07, 6.45) is 7.32. The number of piperidine rings is 1. The maximum atomic E-state index is 13.7. The summed E-state index contributed by atoms with van der Waals surface area (Å²) in [6, 6.07) is 3.93. The van der Waals surface area contributed by atoms with Crippen LogP contribution in [0.3, 0.4) is 0 Å². The topological polar surface area (TPSA) is 46.1 Å². The third kappa shape index (κ3) is 3.75. The number of carbonyl (C=O) groups excluding carboxylic acids is 1. The van der Waals surface area contributed by atoms with Crippen LogP contribution in [0.5, 0.6) is 0 Å². The van der Waals surface area contributed by atoms with E-state index in [2.05, 4.69) is 9.97 Å². The van der Waals surface area contributed by atoms with Crippen molar-refractivity contribution in [3.63, 3.8) is 0 Å². The van der Waals surface area contributed by atoms with Gasteiger partial charge in [0, 0.05) is 31.0 Å². The largest absolute Gasteiger partial charge is 0.337 e. The van der Waals surface area contributed by atoms with Crippen LogP contribution >= 0.6 is 0 Å². The van der Waals surface area contributed by atoms with Crippen molar-refractivity contribution in [1.29, 1.82) is 0 Å². The Hall–Kier alpha value is -2.37. The first-order valence-corrected chi connectivity index (χ1v) is 8.13. The van der Waals surface area contributed by atoms with Gasteiger partial charge in [-0.25, -0.2) is 13.8 Å². The lowest BCUT2D eigenvalue weighted by Crippen LogP contribution is -2.40. The molecule has 0 radical (unpaired) electrons. The Kier molecular flexibility index (Phi) is 5.13. The summed E-state index contributed by atoms with van der Waals surface area (Å²) in [5, 5.41) is 0. The van der Waals surface area contributed by atoms with Gasteiger partial charge in [-0.1, -0.05) is 6.07 Å². The van der Waals surface area contributed by atoms with Crippen LogP contribution in [0.2, 0.25) is 0 Å². The number of hydrogen-bond donors (Lipinski definition) is 0. The van der Waals surface area contributed by atoms with Crippen LogP contribution in [0.25, 0.3) is 0 Å². The van der Waals surface area contributed by atoms with E-state index in [-0.39, 0.29) is 17.4 Å². The Balaban J connectivity index is 1.61. The first kappa shape index (κ1) is 16.5. The van der Waals surface area contributed by atoms with Gasteiger partial charge in [0.05, 0.1) is 6.20 Å². The third-order valence-electron chi connectivity index (χ3n) is 4.45. The highest BCUT2D eigenvalue weighted by Crippen LogP contribution is 2.24. The highest BCUT2D eigenvalue weighted by molar-refractivity contribution is 5.92. The van der Waals surface area contributed by atoms with Crippen LogP contribution in [0.4, 0.5) is 8.78 Å². The lowest BCUT2D eigenvalue weighted by molar-refractivity contribution is 0.0661. The number of aromatic nitrogens is 2. The van der Waals surface area contributed by atoms with Gasteiger partial charge in [0.15, 0.2) is 0 Å². The van der Waals surface area contributed by atoms with E-state index in [0.29, 0.717) is 31.6 Å². The predicted octanol–water partition coefficient (Wildman–Crippen LogP) is 3.24. The average molecular weight is 331 g/mol. The number of amides is 1. The Morgan fingerprint density at radius 3 is 2.75 bits per heavy atom. The molecule has 0 unspecified atom stereocenters. The first-order valence-electron chi connectivity index (χ1n) is 8.13. The second-order valence-electron chi connectivity index (χ2n) is 6.09. The van der Waals surface area contributed by atoms with Crippen LogP contribution < -0.4 is 0 Å². The van der Waals surface area contributed by atoms with Gasteiger partial charge < -0.3 is 4.90 Å². The molecule has 2 heterocycles. The van der Waals surface area contributed by atoms with Gasteiger partial charge in [-0.15, -0.1) is 0 Å². The van der Waals surface area contributed by atoms with Gasteiger partial charge in [-0.3, -0.25) is 9.78 Å². The monoisotopic (exact) mass is 331 g/mol. The van der Waals surface area contributed by atoms with Crippen molar-refractivity contribution in [2.45, 2.75) is 25.7 Å². The summed E-state index contributed by atoms with van der Waals surface area (Å²) in [5.74, 6) is -0.903. The van der Waals surface area contributed by atoms with Gasteiger partial charge in [-0.2, -0.15) is 0 Å². The molecular weight excluding hydrogens is 312 g/mol. The lowest BCUT2D eigenvalue weighted by atomic mass is 9.91. The van der Waals surface area contributed by atoms with E-state index in [9.17, 15) is 13.6 Å². The van der Waals surface area contributed by atoms with E-state index in [1.807, 2.05) is 0 Å². The Morgan fingerprint density at radius 2 is 2.04 bits per heavy atom. The van der Waals surface area contributed by atoms with Crippen molar-refractivity contribution in [3.8, 4) is 0 Å². The molecule has 24 heavy (non-hydrogen) atoms. The van der Waals surface area contributed by atoms with Gasteiger partial charge in [0.2, 0.25) is 0 Å². The highest BCUT2D eigenvalue weighted by atomic mass is 19.1. The maximum absolute atomic E-state index is 13.7. The summed E-state index contributed by atoms with van der Waals surface area (Å²) in [4.78, 5) is 22.2. The molecule has 1 aliphatic heterocycles. The first-order chi connectivity index (χ1) is 11.6. The van der Waals surface area contributed by atoms with Crippen molar-refractivity contribution >= 4 is 5.91 Å². The fourth-order valence-electron chi connectivity index (χ4n) is 3.18. The zero-order chi connectivity index (χ0) is 16.9. The number of halogens is 2. The number of benzene rings is 1. The Bertz CT molecular complexity index is 688. The quantitative estimate of drug-likeness (QED) is 0.864. The number of rotatable bonds is 4. The van der Waals surface area contributed by atoms with Crippen LogP contribution in [0.15, 0.2) is 36.8 Å². The molecule has 1 atom stereocenters. The molecule has 1 aliphatic rings. The lowest BCUT2D eigenvalue weighted by Gasteiger charge is -2.32. The van der Waals surface area contributed by atoms with E-state index in [1.54, 1.807) is 4.90 Å². The summed E-state index contributed by atoms with van der Waals surface area (Å²) >= 11 is 0. The molecule has 2 aromatic rings. The van der Waals surface area contributed by atoms with Crippen LogP contribution in [-0.2, 0) is 6.42 Å². The molecule has 0 bridgehead atoms. The Morgan fingerprint density at radius 1 is 1.25 bits per heavy atom. The summed E-state index contributed by atoms with van der Waals surface area (Å²) in [7, 11) is 0. The molecule has 1 aromatic carbocycles. The normalized spacial score (nSPS) is 17.8. The standard InChI is InChI=1S/C18H19F2N3O/c19-15-4-1-5-16(20)14(15)7-6-13-3-2-10-23(12-13)18(24)17-11-21-8-9-22-17/h1,4-5,8-9,11,13H,2-3,6-7,10,12H2/t13-/m1/s1. The molecule has 4 nitrogen and oxygen atoms in total. The molecule has 1 aromatic heterocycles. The smallest absolute Gasteiger partial charge is 0.274 e. The molecule has 1 saturated heterocycles. The maximum Gasteiger partial charge on any atom is 0.274 e. The third-order valence-corrected chi connectivity index (χ3v) is 4.45. The molecule has 0 saturated carbocycles. The highest BCUT2D eigenvalue weighted by Gasteiger charge is 2.25. The fourth-order valence-corrected chi connectivity index (χ4v) is 3.18. The Labute approximate surface area is 139 Å². The molecule has 126 valence electrons. The summed E-state index contributed by atoms with van der Waals surface area (Å²) < 4.78 is 27.4. The fraction of sp³-hybridized carbons (Fsp3) is 0.389.